The minimum atomic E-state index is -0.412. The Labute approximate surface area is 205 Å². The van der Waals surface area contributed by atoms with Gasteiger partial charge in [-0.2, -0.15) is 0 Å². The predicted octanol–water partition coefficient (Wildman–Crippen LogP) is 4.94. The quantitative estimate of drug-likeness (QED) is 0.292. The summed E-state index contributed by atoms with van der Waals surface area (Å²) in [6.07, 6.45) is 6.16. The van der Waals surface area contributed by atoms with Crippen molar-refractivity contribution in [3.63, 3.8) is 0 Å². The van der Waals surface area contributed by atoms with Gasteiger partial charge in [-0.25, -0.2) is 9.97 Å². The number of nitro groups is 1. The minimum Gasteiger partial charge on any atom is -0.486 e. The molecule has 8 nitrogen and oxygen atoms in total. The molecule has 1 saturated heterocycles. The van der Waals surface area contributed by atoms with Gasteiger partial charge in [0.2, 0.25) is 0 Å². The van der Waals surface area contributed by atoms with Crippen LogP contribution < -0.4 is 15.4 Å². The summed E-state index contributed by atoms with van der Waals surface area (Å²) < 4.78 is 6.00. The van der Waals surface area contributed by atoms with E-state index in [0.717, 1.165) is 36.9 Å². The van der Waals surface area contributed by atoms with E-state index in [-0.39, 0.29) is 11.4 Å². The zero-order valence-corrected chi connectivity index (χ0v) is 20.9. The molecule has 2 fully saturated rings. The number of nitro benzene ring substituents is 1. The summed E-state index contributed by atoms with van der Waals surface area (Å²) in [4.78, 5) is 22.4. The van der Waals surface area contributed by atoms with Crippen LogP contribution in [0.4, 0.5) is 17.2 Å². The summed E-state index contributed by atoms with van der Waals surface area (Å²) in [5.41, 5.74) is 1.66. The standard InChI is InChI=1S/C24H27ClN5O3P/c1-29-6-4-24(5-7-29)11-15(12-24)13-33-21-10-19-17(9-20(21)30(31)32)23(27-14-26-19)28-16-2-3-22(34)18(25)8-16/h2-3,8-10,14-15H,4-7,11-13,34H2,1H3,(H,26,27,28). The van der Waals surface area contributed by atoms with Gasteiger partial charge >= 0.3 is 5.69 Å². The Balaban J connectivity index is 1.34. The second-order valence-electron chi connectivity index (χ2n) is 9.57. The summed E-state index contributed by atoms with van der Waals surface area (Å²) in [5, 5.41) is 17.1. The van der Waals surface area contributed by atoms with Gasteiger partial charge in [-0.05, 0) is 74.6 Å². The molecular formula is C24H27ClN5O3P. The van der Waals surface area contributed by atoms with Crippen LogP contribution in [0.25, 0.3) is 10.9 Å². The molecule has 1 spiro atoms. The molecule has 1 aliphatic carbocycles. The number of hydrogen-bond acceptors (Lipinski definition) is 7. The van der Waals surface area contributed by atoms with E-state index in [1.165, 1.54) is 25.2 Å². The van der Waals surface area contributed by atoms with Crippen molar-refractivity contribution in [1.82, 2.24) is 14.9 Å². The van der Waals surface area contributed by atoms with Crippen molar-refractivity contribution in [2.75, 3.05) is 32.1 Å². The highest BCUT2D eigenvalue weighted by molar-refractivity contribution is 7.28. The fraction of sp³-hybridized carbons (Fsp3) is 0.417. The number of nitrogens with one attached hydrogen (secondary N) is 1. The lowest BCUT2D eigenvalue weighted by molar-refractivity contribution is -0.385. The number of ether oxygens (including phenoxy) is 1. The zero-order valence-electron chi connectivity index (χ0n) is 19.0. The maximum Gasteiger partial charge on any atom is 0.311 e. The minimum absolute atomic E-state index is 0.0861. The fourth-order valence-electron chi connectivity index (χ4n) is 5.16. The molecule has 1 atom stereocenters. The lowest BCUT2D eigenvalue weighted by Gasteiger charge is -2.51. The van der Waals surface area contributed by atoms with Crippen molar-refractivity contribution < 1.29 is 9.66 Å². The molecule has 3 aromatic rings. The molecular weight excluding hydrogens is 473 g/mol. The highest BCUT2D eigenvalue weighted by Gasteiger charge is 2.45. The van der Waals surface area contributed by atoms with E-state index in [4.69, 9.17) is 16.3 Å². The molecule has 0 bridgehead atoms. The number of likely N-dealkylation sites (tertiary alicyclic amines) is 1. The average Bonchev–Trinajstić information content (AvgIpc) is 2.79. The Morgan fingerprint density at radius 2 is 2.03 bits per heavy atom. The Morgan fingerprint density at radius 1 is 1.26 bits per heavy atom. The van der Waals surface area contributed by atoms with Crippen LogP contribution in [0.2, 0.25) is 5.02 Å². The number of hydrogen-bond donors (Lipinski definition) is 1. The monoisotopic (exact) mass is 499 g/mol. The first kappa shape index (κ1) is 23.2. The van der Waals surface area contributed by atoms with E-state index in [1.54, 1.807) is 12.1 Å². The van der Waals surface area contributed by atoms with Crippen LogP contribution >= 0.6 is 20.8 Å². The molecule has 1 saturated carbocycles. The van der Waals surface area contributed by atoms with Gasteiger partial charge in [-0.3, -0.25) is 10.1 Å². The lowest BCUT2D eigenvalue weighted by atomic mass is 9.58. The van der Waals surface area contributed by atoms with Crippen molar-refractivity contribution >= 4 is 54.2 Å². The van der Waals surface area contributed by atoms with E-state index >= 15 is 0 Å². The van der Waals surface area contributed by atoms with Crippen LogP contribution in [0, 0.1) is 21.4 Å². The molecule has 178 valence electrons. The van der Waals surface area contributed by atoms with E-state index in [9.17, 15) is 10.1 Å². The third-order valence-electron chi connectivity index (χ3n) is 7.14. The van der Waals surface area contributed by atoms with Crippen molar-refractivity contribution in [3.8, 4) is 5.75 Å². The maximum atomic E-state index is 11.9. The van der Waals surface area contributed by atoms with Crippen LogP contribution in [0.1, 0.15) is 25.7 Å². The third kappa shape index (κ3) is 4.67. The number of benzene rings is 2. The molecule has 2 aliphatic rings. The second-order valence-corrected chi connectivity index (χ2v) is 10.6. The molecule has 34 heavy (non-hydrogen) atoms. The fourth-order valence-corrected chi connectivity index (χ4v) is 5.52. The number of nitrogens with zero attached hydrogens (tertiary/aromatic N) is 4. The summed E-state index contributed by atoms with van der Waals surface area (Å²) in [6, 6.07) is 8.63. The molecule has 1 aliphatic heterocycles. The number of aromatic nitrogens is 2. The van der Waals surface area contributed by atoms with Gasteiger partial charge < -0.3 is 15.0 Å². The molecule has 1 unspecified atom stereocenters. The number of fused-ring (bicyclic) bond motifs is 1. The number of halogens is 1. The topological polar surface area (TPSA) is 93.4 Å². The third-order valence-corrected chi connectivity index (χ3v) is 8.16. The van der Waals surface area contributed by atoms with Crippen molar-refractivity contribution in [2.24, 2.45) is 11.3 Å². The van der Waals surface area contributed by atoms with Crippen LogP contribution in [0.3, 0.4) is 0 Å². The van der Waals surface area contributed by atoms with Gasteiger partial charge in [0.05, 0.1) is 22.4 Å². The summed E-state index contributed by atoms with van der Waals surface area (Å²) in [6.45, 7) is 2.78. The van der Waals surface area contributed by atoms with Gasteiger partial charge in [-0.1, -0.05) is 17.7 Å². The number of piperidine rings is 1. The molecule has 2 aromatic carbocycles. The second kappa shape index (κ2) is 9.25. The predicted molar refractivity (Wildman–Crippen MR) is 138 cm³/mol. The first-order valence-electron chi connectivity index (χ1n) is 11.4. The zero-order chi connectivity index (χ0) is 23.9. The van der Waals surface area contributed by atoms with E-state index < -0.39 is 4.92 Å². The summed E-state index contributed by atoms with van der Waals surface area (Å²) in [7, 11) is 4.74. The van der Waals surface area contributed by atoms with E-state index in [0.29, 0.717) is 39.7 Å². The van der Waals surface area contributed by atoms with Crippen LogP contribution in [0.15, 0.2) is 36.7 Å². The van der Waals surface area contributed by atoms with E-state index in [2.05, 4.69) is 36.5 Å². The largest absolute Gasteiger partial charge is 0.486 e. The number of rotatable bonds is 6. The Bertz CT molecular complexity index is 1240. The molecule has 0 radical (unpaired) electrons. The van der Waals surface area contributed by atoms with Gasteiger partial charge in [-0.15, -0.1) is 9.24 Å². The Morgan fingerprint density at radius 3 is 2.74 bits per heavy atom. The van der Waals surface area contributed by atoms with Crippen LogP contribution in [-0.4, -0.2) is 46.5 Å². The average molecular weight is 500 g/mol. The molecule has 1 N–H and O–H groups in total. The molecule has 0 amide bonds. The van der Waals surface area contributed by atoms with E-state index in [1.807, 2.05) is 12.1 Å². The first-order valence-corrected chi connectivity index (χ1v) is 12.3. The molecule has 10 heteroatoms. The maximum absolute atomic E-state index is 11.9. The van der Waals surface area contributed by atoms with Gasteiger partial charge in [0.25, 0.3) is 0 Å². The first-order chi connectivity index (χ1) is 16.3. The smallest absolute Gasteiger partial charge is 0.311 e. The highest BCUT2D eigenvalue weighted by atomic mass is 35.5. The van der Waals surface area contributed by atoms with Crippen molar-refractivity contribution in [2.45, 2.75) is 25.7 Å². The van der Waals surface area contributed by atoms with Crippen LogP contribution in [-0.2, 0) is 0 Å². The van der Waals surface area contributed by atoms with Gasteiger partial charge in [0.1, 0.15) is 12.1 Å². The van der Waals surface area contributed by atoms with Crippen LogP contribution in [0.5, 0.6) is 5.75 Å². The number of anilines is 2. The molecule has 1 aromatic heterocycles. The SMILES string of the molecule is CN1CCC2(CC1)CC(COc1cc3ncnc(Nc4ccc(P)c(Cl)c4)c3cc1[N+](=O)[O-])C2. The Hall–Kier alpha value is -2.54. The van der Waals surface area contributed by atoms with Crippen molar-refractivity contribution in [1.29, 1.82) is 0 Å². The Kier molecular flexibility index (Phi) is 6.32. The molecule has 5 rings (SSSR count). The summed E-state index contributed by atoms with van der Waals surface area (Å²) >= 11 is 6.22. The summed E-state index contributed by atoms with van der Waals surface area (Å²) in [5.74, 6) is 1.16. The molecule has 2 heterocycles. The lowest BCUT2D eigenvalue weighted by Crippen LogP contribution is -2.47. The normalized spacial score (nSPS) is 18.1. The van der Waals surface area contributed by atoms with Gasteiger partial charge in [0.15, 0.2) is 5.75 Å². The van der Waals surface area contributed by atoms with Gasteiger partial charge in [0, 0.05) is 22.8 Å². The highest BCUT2D eigenvalue weighted by Crippen LogP contribution is 2.52. The van der Waals surface area contributed by atoms with Crippen molar-refractivity contribution in [3.05, 3.63) is 51.8 Å².